The van der Waals surface area contributed by atoms with Gasteiger partial charge in [0.1, 0.15) is 0 Å². The third-order valence-electron chi connectivity index (χ3n) is 3.61. The van der Waals surface area contributed by atoms with Crippen LogP contribution in [0.1, 0.15) is 33.6 Å². The fraction of sp³-hybridized carbons (Fsp3) is 0.929. The van der Waals surface area contributed by atoms with E-state index in [1.165, 1.54) is 0 Å². The Morgan fingerprint density at radius 1 is 1.00 bits per heavy atom. The van der Waals surface area contributed by atoms with Crippen molar-refractivity contribution >= 4 is 5.91 Å². The number of amides is 1. The molecule has 0 aliphatic carbocycles. The van der Waals surface area contributed by atoms with Crippen LogP contribution in [0, 0.1) is 0 Å². The van der Waals surface area contributed by atoms with E-state index in [0.717, 1.165) is 58.7 Å². The maximum atomic E-state index is 12.2. The zero-order valence-corrected chi connectivity index (χ0v) is 12.3. The standard InChI is InChI=1S/C14H29N3O/c1-4-7-16(8-5-2)13-14(18)17-11-9-15(6-3)10-12-17/h4-13H2,1-3H3. The van der Waals surface area contributed by atoms with Crippen LogP contribution in [0.15, 0.2) is 0 Å². The number of likely N-dealkylation sites (N-methyl/N-ethyl adjacent to an activating group) is 1. The van der Waals surface area contributed by atoms with Crippen LogP contribution in [0.5, 0.6) is 0 Å². The highest BCUT2D eigenvalue weighted by Crippen LogP contribution is 2.03. The molecule has 0 radical (unpaired) electrons. The van der Waals surface area contributed by atoms with Crippen molar-refractivity contribution in [1.82, 2.24) is 14.7 Å². The predicted molar refractivity (Wildman–Crippen MR) is 75.7 cm³/mol. The van der Waals surface area contributed by atoms with Gasteiger partial charge in [-0.1, -0.05) is 20.8 Å². The molecule has 106 valence electrons. The normalized spacial score (nSPS) is 17.4. The molecule has 0 atom stereocenters. The van der Waals surface area contributed by atoms with Gasteiger partial charge in [-0.25, -0.2) is 0 Å². The second-order valence-electron chi connectivity index (χ2n) is 5.09. The van der Waals surface area contributed by atoms with E-state index in [4.69, 9.17) is 0 Å². The van der Waals surface area contributed by atoms with E-state index < -0.39 is 0 Å². The zero-order chi connectivity index (χ0) is 13.4. The predicted octanol–water partition coefficient (Wildman–Crippen LogP) is 1.27. The Bertz CT molecular complexity index is 231. The maximum Gasteiger partial charge on any atom is 0.236 e. The lowest BCUT2D eigenvalue weighted by Crippen LogP contribution is -2.51. The van der Waals surface area contributed by atoms with Crippen LogP contribution in [-0.2, 0) is 4.79 Å². The third kappa shape index (κ3) is 4.94. The van der Waals surface area contributed by atoms with Gasteiger partial charge in [-0.15, -0.1) is 0 Å². The van der Waals surface area contributed by atoms with Crippen LogP contribution >= 0.6 is 0 Å². The van der Waals surface area contributed by atoms with Crippen molar-refractivity contribution in [2.75, 3.05) is 52.4 Å². The Balaban J connectivity index is 2.35. The van der Waals surface area contributed by atoms with E-state index in [2.05, 4.69) is 30.6 Å². The quantitative estimate of drug-likeness (QED) is 0.685. The lowest BCUT2D eigenvalue weighted by molar-refractivity contribution is -0.134. The van der Waals surface area contributed by atoms with Crippen LogP contribution in [0.2, 0.25) is 0 Å². The topological polar surface area (TPSA) is 26.8 Å². The molecule has 18 heavy (non-hydrogen) atoms. The van der Waals surface area contributed by atoms with Crippen molar-refractivity contribution in [3.8, 4) is 0 Å². The van der Waals surface area contributed by atoms with Gasteiger partial charge < -0.3 is 9.80 Å². The van der Waals surface area contributed by atoms with Crippen molar-refractivity contribution in [1.29, 1.82) is 0 Å². The van der Waals surface area contributed by atoms with Gasteiger partial charge in [0, 0.05) is 26.2 Å². The van der Waals surface area contributed by atoms with Gasteiger partial charge in [-0.2, -0.15) is 0 Å². The number of rotatable bonds is 7. The second-order valence-corrected chi connectivity index (χ2v) is 5.09. The lowest BCUT2D eigenvalue weighted by atomic mass is 10.3. The summed E-state index contributed by atoms with van der Waals surface area (Å²) >= 11 is 0. The van der Waals surface area contributed by atoms with E-state index in [9.17, 15) is 4.79 Å². The van der Waals surface area contributed by atoms with Gasteiger partial charge in [-0.3, -0.25) is 9.69 Å². The first-order valence-corrected chi connectivity index (χ1v) is 7.43. The first-order chi connectivity index (χ1) is 8.71. The molecular formula is C14H29N3O. The smallest absolute Gasteiger partial charge is 0.236 e. The van der Waals surface area contributed by atoms with Gasteiger partial charge in [0.05, 0.1) is 6.54 Å². The molecule has 0 N–H and O–H groups in total. The van der Waals surface area contributed by atoms with E-state index in [-0.39, 0.29) is 0 Å². The van der Waals surface area contributed by atoms with E-state index in [1.807, 2.05) is 4.90 Å². The summed E-state index contributed by atoms with van der Waals surface area (Å²) in [4.78, 5) is 18.9. The van der Waals surface area contributed by atoms with Crippen LogP contribution in [-0.4, -0.2) is 73.0 Å². The van der Waals surface area contributed by atoms with Gasteiger partial charge in [0.2, 0.25) is 5.91 Å². The van der Waals surface area contributed by atoms with Crippen molar-refractivity contribution in [3.63, 3.8) is 0 Å². The summed E-state index contributed by atoms with van der Waals surface area (Å²) in [6.07, 6.45) is 2.24. The molecule has 0 spiro atoms. The van der Waals surface area contributed by atoms with Gasteiger partial charge >= 0.3 is 0 Å². The van der Waals surface area contributed by atoms with Crippen LogP contribution in [0.3, 0.4) is 0 Å². The summed E-state index contributed by atoms with van der Waals surface area (Å²) in [5.74, 6) is 0.313. The average Bonchev–Trinajstić information content (AvgIpc) is 2.39. The highest BCUT2D eigenvalue weighted by Gasteiger charge is 2.21. The Morgan fingerprint density at radius 3 is 2.00 bits per heavy atom. The summed E-state index contributed by atoms with van der Waals surface area (Å²) in [6, 6.07) is 0. The lowest BCUT2D eigenvalue weighted by Gasteiger charge is -2.35. The number of hydrogen-bond acceptors (Lipinski definition) is 3. The molecule has 1 fully saturated rings. The highest BCUT2D eigenvalue weighted by atomic mass is 16.2. The number of piperazine rings is 1. The van der Waals surface area contributed by atoms with Crippen LogP contribution < -0.4 is 0 Å². The number of nitrogens with zero attached hydrogens (tertiary/aromatic N) is 3. The van der Waals surface area contributed by atoms with E-state index >= 15 is 0 Å². The molecule has 1 amide bonds. The average molecular weight is 255 g/mol. The van der Waals surface area contributed by atoms with Crippen molar-refractivity contribution in [3.05, 3.63) is 0 Å². The molecule has 1 rings (SSSR count). The number of carbonyl (C=O) groups excluding carboxylic acids is 1. The number of carbonyl (C=O) groups is 1. The van der Waals surface area contributed by atoms with Crippen LogP contribution in [0.4, 0.5) is 0 Å². The zero-order valence-electron chi connectivity index (χ0n) is 12.3. The molecule has 0 aromatic carbocycles. The summed E-state index contributed by atoms with van der Waals surface area (Å²) in [5.41, 5.74) is 0. The molecule has 0 unspecified atom stereocenters. The number of hydrogen-bond donors (Lipinski definition) is 0. The minimum absolute atomic E-state index is 0.313. The summed E-state index contributed by atoms with van der Waals surface area (Å²) in [6.45, 7) is 14.2. The first-order valence-electron chi connectivity index (χ1n) is 7.43. The molecular weight excluding hydrogens is 226 g/mol. The molecule has 4 heteroatoms. The third-order valence-corrected chi connectivity index (χ3v) is 3.61. The monoisotopic (exact) mass is 255 g/mol. The Morgan fingerprint density at radius 2 is 1.56 bits per heavy atom. The molecule has 0 saturated carbocycles. The SMILES string of the molecule is CCCN(CCC)CC(=O)N1CCN(CC)CC1. The molecule has 1 aliphatic heterocycles. The molecule has 1 aliphatic rings. The fourth-order valence-corrected chi connectivity index (χ4v) is 2.51. The minimum Gasteiger partial charge on any atom is -0.339 e. The van der Waals surface area contributed by atoms with Crippen LogP contribution in [0.25, 0.3) is 0 Å². The van der Waals surface area contributed by atoms with Crippen molar-refractivity contribution < 1.29 is 4.79 Å². The fourth-order valence-electron chi connectivity index (χ4n) is 2.51. The second kappa shape index (κ2) is 8.48. The summed E-state index contributed by atoms with van der Waals surface area (Å²) < 4.78 is 0. The van der Waals surface area contributed by atoms with E-state index in [1.54, 1.807) is 0 Å². The highest BCUT2D eigenvalue weighted by molar-refractivity contribution is 5.78. The van der Waals surface area contributed by atoms with E-state index in [0.29, 0.717) is 12.5 Å². The molecule has 1 saturated heterocycles. The minimum atomic E-state index is 0.313. The molecule has 0 bridgehead atoms. The van der Waals surface area contributed by atoms with Gasteiger partial charge in [-0.05, 0) is 32.5 Å². The maximum absolute atomic E-state index is 12.2. The van der Waals surface area contributed by atoms with Gasteiger partial charge in [0.25, 0.3) is 0 Å². The largest absolute Gasteiger partial charge is 0.339 e. The molecule has 4 nitrogen and oxygen atoms in total. The Hall–Kier alpha value is -0.610. The Kier molecular flexibility index (Phi) is 7.28. The summed E-state index contributed by atoms with van der Waals surface area (Å²) in [5, 5.41) is 0. The molecule has 1 heterocycles. The Labute approximate surface area is 112 Å². The molecule has 0 aromatic heterocycles. The van der Waals surface area contributed by atoms with Crippen molar-refractivity contribution in [2.24, 2.45) is 0 Å². The van der Waals surface area contributed by atoms with Gasteiger partial charge in [0.15, 0.2) is 0 Å². The molecule has 0 aromatic rings. The van der Waals surface area contributed by atoms with Crippen molar-refractivity contribution in [2.45, 2.75) is 33.6 Å². The first kappa shape index (κ1) is 15.4. The summed E-state index contributed by atoms with van der Waals surface area (Å²) in [7, 11) is 0.